The number of piperidine rings is 1. The summed E-state index contributed by atoms with van der Waals surface area (Å²) in [5, 5.41) is 3.93. The number of nitrogens with zero attached hydrogens (tertiary/aromatic N) is 1. The maximum Gasteiger partial charge on any atom is 0.228 e. The number of nitrogens with one attached hydrogen (secondary N) is 1. The molecule has 0 aromatic heterocycles. The van der Waals surface area contributed by atoms with E-state index in [9.17, 15) is 4.79 Å². The predicted octanol–water partition coefficient (Wildman–Crippen LogP) is 3.27. The predicted molar refractivity (Wildman–Crippen MR) is 75.3 cm³/mol. The van der Waals surface area contributed by atoms with Crippen LogP contribution in [0.3, 0.4) is 0 Å². The first kappa shape index (κ1) is 13.7. The lowest BCUT2D eigenvalue weighted by atomic mass is 9.97. The van der Waals surface area contributed by atoms with Crippen molar-refractivity contribution in [3.05, 3.63) is 28.2 Å². The minimum atomic E-state index is 0.0416. The third kappa shape index (κ3) is 3.61. The van der Waals surface area contributed by atoms with Crippen molar-refractivity contribution in [2.45, 2.75) is 12.8 Å². The lowest BCUT2D eigenvalue weighted by molar-refractivity contribution is -0.121. The summed E-state index contributed by atoms with van der Waals surface area (Å²) in [7, 11) is 2.04. The third-order valence-corrected chi connectivity index (χ3v) is 3.56. The number of hydrogen-bond acceptors (Lipinski definition) is 2. The van der Waals surface area contributed by atoms with Gasteiger partial charge in [0.2, 0.25) is 5.91 Å². The maximum atomic E-state index is 12.1. The van der Waals surface area contributed by atoms with Gasteiger partial charge in [-0.2, -0.15) is 0 Å². The molecule has 0 radical (unpaired) electrons. The fraction of sp³-hybridized carbons (Fsp3) is 0.462. The first-order chi connectivity index (χ1) is 8.54. The zero-order chi connectivity index (χ0) is 13.1. The van der Waals surface area contributed by atoms with Crippen LogP contribution in [0.2, 0.25) is 10.0 Å². The summed E-state index contributed by atoms with van der Waals surface area (Å²) in [5.74, 6) is 0.0846. The second-order valence-corrected chi connectivity index (χ2v) is 5.62. The molecular weight excluding hydrogens is 271 g/mol. The molecule has 1 amide bonds. The molecule has 3 nitrogen and oxygen atoms in total. The van der Waals surface area contributed by atoms with E-state index in [-0.39, 0.29) is 11.8 Å². The van der Waals surface area contributed by atoms with Crippen LogP contribution in [-0.2, 0) is 4.79 Å². The average Bonchev–Trinajstić information content (AvgIpc) is 2.27. The van der Waals surface area contributed by atoms with Crippen LogP contribution in [0.1, 0.15) is 12.8 Å². The molecule has 1 aliphatic rings. The molecule has 1 N–H and O–H groups in total. The van der Waals surface area contributed by atoms with Crippen LogP contribution in [0.5, 0.6) is 0 Å². The van der Waals surface area contributed by atoms with Gasteiger partial charge in [0.25, 0.3) is 0 Å². The number of rotatable bonds is 2. The molecule has 0 saturated carbocycles. The summed E-state index contributed by atoms with van der Waals surface area (Å²) in [6.45, 7) is 1.87. The number of carbonyl (C=O) groups excluding carboxylic acids is 1. The highest BCUT2D eigenvalue weighted by Gasteiger charge is 2.23. The first-order valence-electron chi connectivity index (χ1n) is 6.00. The Hall–Kier alpha value is -0.770. The van der Waals surface area contributed by atoms with Gasteiger partial charge in [0.15, 0.2) is 0 Å². The third-order valence-electron chi connectivity index (χ3n) is 3.13. The van der Waals surface area contributed by atoms with Crippen LogP contribution in [0, 0.1) is 5.92 Å². The van der Waals surface area contributed by atoms with E-state index in [1.807, 2.05) is 7.05 Å². The van der Waals surface area contributed by atoms with Gasteiger partial charge in [-0.25, -0.2) is 0 Å². The van der Waals surface area contributed by atoms with Crippen molar-refractivity contribution in [2.75, 3.05) is 25.5 Å². The molecule has 2 rings (SSSR count). The van der Waals surface area contributed by atoms with E-state index in [0.717, 1.165) is 25.9 Å². The van der Waals surface area contributed by atoms with Gasteiger partial charge in [0.05, 0.1) is 5.92 Å². The summed E-state index contributed by atoms with van der Waals surface area (Å²) in [5.41, 5.74) is 0.658. The van der Waals surface area contributed by atoms with Crippen LogP contribution < -0.4 is 5.32 Å². The number of likely N-dealkylation sites (tertiary alicyclic amines) is 1. The molecule has 98 valence electrons. The van der Waals surface area contributed by atoms with E-state index >= 15 is 0 Å². The highest BCUT2D eigenvalue weighted by Crippen LogP contribution is 2.24. The highest BCUT2D eigenvalue weighted by molar-refractivity contribution is 6.35. The van der Waals surface area contributed by atoms with Crippen molar-refractivity contribution in [3.8, 4) is 0 Å². The Balaban J connectivity index is 2.02. The van der Waals surface area contributed by atoms with Gasteiger partial charge in [-0.05, 0) is 44.6 Å². The Kier molecular flexibility index (Phi) is 4.49. The number of carbonyl (C=O) groups is 1. The van der Waals surface area contributed by atoms with Crippen molar-refractivity contribution in [3.63, 3.8) is 0 Å². The molecule has 0 aliphatic carbocycles. The fourth-order valence-electron chi connectivity index (χ4n) is 2.25. The van der Waals surface area contributed by atoms with E-state index in [1.54, 1.807) is 18.2 Å². The van der Waals surface area contributed by atoms with Crippen molar-refractivity contribution in [1.29, 1.82) is 0 Å². The normalized spacial score (nSPS) is 20.7. The van der Waals surface area contributed by atoms with Crippen LogP contribution >= 0.6 is 23.2 Å². The molecule has 0 bridgehead atoms. The molecule has 18 heavy (non-hydrogen) atoms. The van der Waals surface area contributed by atoms with E-state index in [4.69, 9.17) is 23.2 Å². The van der Waals surface area contributed by atoms with Crippen molar-refractivity contribution >= 4 is 34.8 Å². The number of amides is 1. The van der Waals surface area contributed by atoms with Crippen LogP contribution in [0.15, 0.2) is 18.2 Å². The molecule has 1 atom stereocenters. The Morgan fingerprint density at radius 2 is 2.00 bits per heavy atom. The van der Waals surface area contributed by atoms with Crippen LogP contribution in [0.4, 0.5) is 5.69 Å². The van der Waals surface area contributed by atoms with Crippen molar-refractivity contribution in [1.82, 2.24) is 4.90 Å². The smallest absolute Gasteiger partial charge is 0.228 e. The van der Waals surface area contributed by atoms with Gasteiger partial charge >= 0.3 is 0 Å². The summed E-state index contributed by atoms with van der Waals surface area (Å²) in [6.07, 6.45) is 2.00. The molecular formula is C13H16Cl2N2O. The zero-order valence-corrected chi connectivity index (χ0v) is 11.8. The van der Waals surface area contributed by atoms with E-state index < -0.39 is 0 Å². The summed E-state index contributed by atoms with van der Waals surface area (Å²) >= 11 is 11.8. The number of hydrogen-bond donors (Lipinski definition) is 1. The monoisotopic (exact) mass is 286 g/mol. The van der Waals surface area contributed by atoms with Gasteiger partial charge in [0, 0.05) is 22.3 Å². The minimum Gasteiger partial charge on any atom is -0.326 e. The van der Waals surface area contributed by atoms with Crippen LogP contribution in [-0.4, -0.2) is 30.9 Å². The topological polar surface area (TPSA) is 32.3 Å². The van der Waals surface area contributed by atoms with Gasteiger partial charge in [-0.1, -0.05) is 23.2 Å². The Morgan fingerprint density at radius 1 is 1.33 bits per heavy atom. The lowest BCUT2D eigenvalue weighted by Gasteiger charge is -2.28. The van der Waals surface area contributed by atoms with Crippen molar-refractivity contribution in [2.24, 2.45) is 5.92 Å². The largest absolute Gasteiger partial charge is 0.326 e. The maximum absolute atomic E-state index is 12.1. The molecule has 1 fully saturated rings. The summed E-state index contributed by atoms with van der Waals surface area (Å²) < 4.78 is 0. The molecule has 1 saturated heterocycles. The van der Waals surface area contributed by atoms with Gasteiger partial charge in [-0.3, -0.25) is 4.79 Å². The van der Waals surface area contributed by atoms with E-state index in [2.05, 4.69) is 10.2 Å². The van der Waals surface area contributed by atoms with E-state index in [1.165, 1.54) is 0 Å². The standard InChI is InChI=1S/C13H16Cl2N2O/c1-17-4-2-3-9(8-17)13(18)16-12-6-10(14)5-11(15)7-12/h5-7,9H,2-4,8H2,1H3,(H,16,18)/t9-/m0/s1. The Bertz CT molecular complexity index is 430. The molecule has 1 aromatic carbocycles. The first-order valence-corrected chi connectivity index (χ1v) is 6.75. The quantitative estimate of drug-likeness (QED) is 0.905. The zero-order valence-electron chi connectivity index (χ0n) is 10.2. The summed E-state index contributed by atoms with van der Waals surface area (Å²) in [6, 6.07) is 5.06. The fourth-order valence-corrected chi connectivity index (χ4v) is 2.78. The molecule has 1 aliphatic heterocycles. The second kappa shape index (κ2) is 5.91. The minimum absolute atomic E-state index is 0.0416. The number of benzene rings is 1. The SMILES string of the molecule is CN1CCC[C@H](C(=O)Nc2cc(Cl)cc(Cl)c2)C1. The van der Waals surface area contributed by atoms with Crippen LogP contribution in [0.25, 0.3) is 0 Å². The molecule has 0 spiro atoms. The lowest BCUT2D eigenvalue weighted by Crippen LogP contribution is -2.38. The van der Waals surface area contributed by atoms with Crippen molar-refractivity contribution < 1.29 is 4.79 Å². The van der Waals surface area contributed by atoms with Gasteiger partial charge in [0.1, 0.15) is 0 Å². The average molecular weight is 287 g/mol. The second-order valence-electron chi connectivity index (χ2n) is 4.75. The Morgan fingerprint density at radius 3 is 2.61 bits per heavy atom. The van der Waals surface area contributed by atoms with Gasteiger partial charge < -0.3 is 10.2 Å². The highest BCUT2D eigenvalue weighted by atomic mass is 35.5. The van der Waals surface area contributed by atoms with Gasteiger partial charge in [-0.15, -0.1) is 0 Å². The molecule has 0 unspecified atom stereocenters. The number of anilines is 1. The molecule has 1 heterocycles. The Labute approximate surface area is 117 Å². The number of halogens is 2. The summed E-state index contributed by atoms with van der Waals surface area (Å²) in [4.78, 5) is 14.3. The molecule has 5 heteroatoms. The molecule has 1 aromatic rings. The van der Waals surface area contributed by atoms with E-state index in [0.29, 0.717) is 15.7 Å².